The second kappa shape index (κ2) is 5.95. The van der Waals surface area contributed by atoms with E-state index < -0.39 is 37.0 Å². The minimum Gasteiger partial charge on any atom is -0.356 e. The third kappa shape index (κ3) is 2.72. The highest BCUT2D eigenvalue weighted by atomic mass is 35.5. The molecule has 1 atom stereocenters. The molecule has 1 aromatic carbocycles. The van der Waals surface area contributed by atoms with E-state index in [1.54, 1.807) is 0 Å². The van der Waals surface area contributed by atoms with Gasteiger partial charge in [0.25, 0.3) is 0 Å². The molecule has 2 aliphatic rings. The zero-order chi connectivity index (χ0) is 18.7. The molecule has 3 heterocycles. The SMILES string of the molecule is Fc1cc(Cl)c2c(N3CC(F)(F)C(F)(F)C3)nn(C3CCCCO3)c2c1. The van der Waals surface area contributed by atoms with Crippen molar-refractivity contribution in [3.05, 3.63) is 23.0 Å². The smallest absolute Gasteiger partial charge is 0.329 e. The number of aromatic nitrogens is 2. The van der Waals surface area contributed by atoms with Crippen LogP contribution in [0.2, 0.25) is 5.02 Å². The molecule has 0 spiro atoms. The Balaban J connectivity index is 1.85. The molecule has 0 saturated carbocycles. The molecule has 0 aliphatic carbocycles. The summed E-state index contributed by atoms with van der Waals surface area (Å²) in [5.74, 6) is -9.12. The standard InChI is InChI=1S/C16H15ClF5N3O/c17-10-5-9(18)6-11-13(10)14(23-25(11)12-3-1-2-4-26-12)24-7-15(19,20)16(21,22)8-24/h5-6,12H,1-4,7-8H2. The summed E-state index contributed by atoms with van der Waals surface area (Å²) < 4.78 is 75.4. The minimum atomic E-state index is -4.18. The van der Waals surface area contributed by atoms with E-state index in [0.29, 0.717) is 13.0 Å². The van der Waals surface area contributed by atoms with Crippen molar-refractivity contribution in [1.29, 1.82) is 0 Å². The molecule has 2 aliphatic heterocycles. The van der Waals surface area contributed by atoms with Crippen LogP contribution in [0.3, 0.4) is 0 Å². The number of rotatable bonds is 2. The van der Waals surface area contributed by atoms with Gasteiger partial charge in [-0.3, -0.25) is 0 Å². The summed E-state index contributed by atoms with van der Waals surface area (Å²) >= 11 is 6.10. The third-order valence-electron chi connectivity index (χ3n) is 4.75. The van der Waals surface area contributed by atoms with Crippen LogP contribution in [-0.4, -0.2) is 41.3 Å². The number of ether oxygens (including phenoxy) is 1. The molecule has 1 aromatic heterocycles. The Kier molecular flexibility index (Phi) is 4.07. The number of halogens is 6. The van der Waals surface area contributed by atoms with Crippen molar-refractivity contribution >= 4 is 28.3 Å². The Morgan fingerprint density at radius 3 is 2.42 bits per heavy atom. The normalized spacial score (nSPS) is 25.2. The maximum Gasteiger partial charge on any atom is 0.329 e. The Morgan fingerprint density at radius 1 is 1.12 bits per heavy atom. The molecule has 10 heteroatoms. The summed E-state index contributed by atoms with van der Waals surface area (Å²) in [6.07, 6.45) is 1.78. The molecule has 4 rings (SSSR count). The van der Waals surface area contributed by atoms with Crippen molar-refractivity contribution in [1.82, 2.24) is 9.78 Å². The molecular formula is C16H15ClF5N3O. The van der Waals surface area contributed by atoms with Crippen LogP contribution >= 0.6 is 11.6 Å². The summed E-state index contributed by atoms with van der Waals surface area (Å²) in [7, 11) is 0. The zero-order valence-electron chi connectivity index (χ0n) is 13.5. The van der Waals surface area contributed by atoms with Gasteiger partial charge in [0.2, 0.25) is 0 Å². The van der Waals surface area contributed by atoms with Crippen molar-refractivity contribution in [3.63, 3.8) is 0 Å². The second-order valence-corrected chi connectivity index (χ2v) is 7.04. The largest absolute Gasteiger partial charge is 0.356 e. The lowest BCUT2D eigenvalue weighted by atomic mass is 10.2. The van der Waals surface area contributed by atoms with Crippen molar-refractivity contribution in [3.8, 4) is 0 Å². The van der Waals surface area contributed by atoms with Crippen LogP contribution in [0.25, 0.3) is 10.9 Å². The summed E-state index contributed by atoms with van der Waals surface area (Å²) in [5, 5.41) is 4.32. The lowest BCUT2D eigenvalue weighted by Gasteiger charge is -2.23. The van der Waals surface area contributed by atoms with Gasteiger partial charge in [-0.25, -0.2) is 9.07 Å². The van der Waals surface area contributed by atoms with Gasteiger partial charge >= 0.3 is 11.8 Å². The van der Waals surface area contributed by atoms with Crippen molar-refractivity contribution in [2.75, 3.05) is 24.6 Å². The van der Waals surface area contributed by atoms with Gasteiger partial charge < -0.3 is 9.64 Å². The molecule has 4 nitrogen and oxygen atoms in total. The van der Waals surface area contributed by atoms with Gasteiger partial charge in [-0.15, -0.1) is 0 Å². The van der Waals surface area contributed by atoms with Crippen molar-refractivity contribution < 1.29 is 26.7 Å². The van der Waals surface area contributed by atoms with E-state index in [-0.39, 0.29) is 21.7 Å². The predicted molar refractivity (Wildman–Crippen MR) is 85.6 cm³/mol. The second-order valence-electron chi connectivity index (χ2n) is 6.64. The van der Waals surface area contributed by atoms with Crippen molar-refractivity contribution in [2.45, 2.75) is 37.3 Å². The van der Waals surface area contributed by atoms with Gasteiger partial charge in [0.1, 0.15) is 5.82 Å². The Labute approximate surface area is 150 Å². The topological polar surface area (TPSA) is 30.3 Å². The lowest BCUT2D eigenvalue weighted by molar-refractivity contribution is -0.172. The lowest BCUT2D eigenvalue weighted by Crippen LogP contribution is -2.38. The molecule has 0 bridgehead atoms. The number of fused-ring (bicyclic) bond motifs is 1. The van der Waals surface area contributed by atoms with Crippen LogP contribution in [0.4, 0.5) is 27.8 Å². The van der Waals surface area contributed by atoms with Crippen LogP contribution in [-0.2, 0) is 4.74 Å². The van der Waals surface area contributed by atoms with Crippen LogP contribution in [0.15, 0.2) is 12.1 Å². The quantitative estimate of drug-likeness (QED) is 0.695. The molecular weight excluding hydrogens is 381 g/mol. The van der Waals surface area contributed by atoms with E-state index in [2.05, 4.69) is 5.10 Å². The number of benzene rings is 1. The average Bonchev–Trinajstić information content (AvgIpc) is 3.03. The van der Waals surface area contributed by atoms with Crippen LogP contribution in [0, 0.1) is 5.82 Å². The Morgan fingerprint density at radius 2 is 1.81 bits per heavy atom. The van der Waals surface area contributed by atoms with E-state index in [0.717, 1.165) is 29.9 Å². The molecule has 2 fully saturated rings. The number of nitrogens with zero attached hydrogens (tertiary/aromatic N) is 3. The maximum absolute atomic E-state index is 13.9. The first-order chi connectivity index (χ1) is 12.2. The molecule has 0 radical (unpaired) electrons. The summed E-state index contributed by atoms with van der Waals surface area (Å²) in [4.78, 5) is 0.797. The maximum atomic E-state index is 13.9. The third-order valence-corrected chi connectivity index (χ3v) is 5.05. The Bertz CT molecular complexity index is 834. The first-order valence-electron chi connectivity index (χ1n) is 8.19. The molecule has 1 unspecified atom stereocenters. The van der Waals surface area contributed by atoms with Gasteiger partial charge in [0.05, 0.1) is 29.0 Å². The predicted octanol–water partition coefficient (Wildman–Crippen LogP) is 4.62. The average molecular weight is 396 g/mol. The fourth-order valence-electron chi connectivity index (χ4n) is 3.44. The van der Waals surface area contributed by atoms with Crippen molar-refractivity contribution in [2.24, 2.45) is 0 Å². The van der Waals surface area contributed by atoms with Crippen LogP contribution < -0.4 is 4.90 Å². The van der Waals surface area contributed by atoms with E-state index in [4.69, 9.17) is 16.3 Å². The molecule has 142 valence electrons. The molecule has 2 saturated heterocycles. The number of anilines is 1. The summed E-state index contributed by atoms with van der Waals surface area (Å²) in [5.41, 5.74) is 0.232. The van der Waals surface area contributed by atoms with E-state index in [1.807, 2.05) is 0 Å². The number of hydrogen-bond donors (Lipinski definition) is 0. The fraction of sp³-hybridized carbons (Fsp3) is 0.562. The number of alkyl halides is 4. The monoisotopic (exact) mass is 395 g/mol. The summed E-state index contributed by atoms with van der Waals surface area (Å²) in [6, 6.07) is 2.16. The van der Waals surface area contributed by atoms with E-state index >= 15 is 0 Å². The van der Waals surface area contributed by atoms with E-state index in [9.17, 15) is 22.0 Å². The molecule has 26 heavy (non-hydrogen) atoms. The highest BCUT2D eigenvalue weighted by Gasteiger charge is 2.63. The molecule has 0 amide bonds. The fourth-order valence-corrected chi connectivity index (χ4v) is 3.73. The summed E-state index contributed by atoms with van der Waals surface area (Å²) in [6.45, 7) is -1.90. The minimum absolute atomic E-state index is 0.0735. The molecule has 2 aromatic rings. The van der Waals surface area contributed by atoms with Gasteiger partial charge in [0.15, 0.2) is 12.0 Å². The van der Waals surface area contributed by atoms with Crippen LogP contribution in [0.1, 0.15) is 25.5 Å². The highest BCUT2D eigenvalue weighted by molar-refractivity contribution is 6.36. The molecule has 0 N–H and O–H groups in total. The van der Waals surface area contributed by atoms with Gasteiger partial charge in [-0.2, -0.15) is 22.7 Å². The highest BCUT2D eigenvalue weighted by Crippen LogP contribution is 2.45. The van der Waals surface area contributed by atoms with Crippen LogP contribution in [0.5, 0.6) is 0 Å². The number of hydrogen-bond acceptors (Lipinski definition) is 3. The first-order valence-corrected chi connectivity index (χ1v) is 8.57. The Hall–Kier alpha value is -1.61. The van der Waals surface area contributed by atoms with Gasteiger partial charge in [-0.1, -0.05) is 11.6 Å². The van der Waals surface area contributed by atoms with Gasteiger partial charge in [-0.05, 0) is 25.3 Å². The first kappa shape index (κ1) is 17.8. The zero-order valence-corrected chi connectivity index (χ0v) is 14.2. The van der Waals surface area contributed by atoms with Gasteiger partial charge in [0, 0.05) is 12.7 Å². The van der Waals surface area contributed by atoms with E-state index in [1.165, 1.54) is 4.68 Å².